The van der Waals surface area contributed by atoms with Gasteiger partial charge in [-0.15, -0.1) is 0 Å². The Morgan fingerprint density at radius 2 is 2.00 bits per heavy atom. The number of methoxy groups -OCH3 is 1. The Morgan fingerprint density at radius 1 is 1.27 bits per heavy atom. The molecule has 0 aliphatic carbocycles. The lowest BCUT2D eigenvalue weighted by Gasteiger charge is -2.36. The number of piperazine rings is 1. The Bertz CT molecular complexity index is 605. The minimum absolute atomic E-state index is 0.216. The van der Waals surface area contributed by atoms with Crippen LogP contribution in [0.5, 0.6) is 11.5 Å². The maximum atomic E-state index is 11.5. The van der Waals surface area contributed by atoms with Crippen molar-refractivity contribution >= 4 is 6.09 Å². The van der Waals surface area contributed by atoms with Crippen molar-refractivity contribution < 1.29 is 19.0 Å². The predicted molar refractivity (Wildman–Crippen MR) is 76.5 cm³/mol. The van der Waals surface area contributed by atoms with Crippen molar-refractivity contribution in [1.82, 2.24) is 9.80 Å². The first kappa shape index (κ1) is 14.5. The molecule has 7 heteroatoms. The van der Waals surface area contributed by atoms with Gasteiger partial charge in [-0.3, -0.25) is 4.90 Å². The number of amides is 1. The number of ether oxygens (including phenoxy) is 3. The molecule has 0 radical (unpaired) electrons. The van der Waals surface area contributed by atoms with Crippen LogP contribution in [0.3, 0.4) is 0 Å². The van der Waals surface area contributed by atoms with Gasteiger partial charge in [-0.25, -0.2) is 4.79 Å². The topological polar surface area (TPSA) is 75.0 Å². The molecule has 116 valence electrons. The summed E-state index contributed by atoms with van der Waals surface area (Å²) in [7, 11) is 1.37. The van der Waals surface area contributed by atoms with Crippen molar-refractivity contribution in [3.63, 3.8) is 0 Å². The first-order valence-corrected chi connectivity index (χ1v) is 7.09. The maximum absolute atomic E-state index is 11.5. The average Bonchev–Trinajstić information content (AvgIpc) is 3.03. The van der Waals surface area contributed by atoms with E-state index >= 15 is 0 Å². The van der Waals surface area contributed by atoms with Crippen molar-refractivity contribution in [2.75, 3.05) is 40.1 Å². The van der Waals surface area contributed by atoms with Crippen LogP contribution in [0.2, 0.25) is 0 Å². The van der Waals surface area contributed by atoms with E-state index in [4.69, 9.17) is 14.2 Å². The molecule has 0 saturated carbocycles. The molecule has 1 unspecified atom stereocenters. The van der Waals surface area contributed by atoms with Crippen LogP contribution in [-0.2, 0) is 4.74 Å². The van der Waals surface area contributed by atoms with Crippen LogP contribution < -0.4 is 9.47 Å². The molecule has 0 spiro atoms. The second kappa shape index (κ2) is 6.12. The van der Waals surface area contributed by atoms with Gasteiger partial charge >= 0.3 is 6.09 Å². The number of benzene rings is 1. The molecule has 7 nitrogen and oxygen atoms in total. The summed E-state index contributed by atoms with van der Waals surface area (Å²) in [6.45, 7) is 2.57. The summed E-state index contributed by atoms with van der Waals surface area (Å²) in [4.78, 5) is 15.2. The highest BCUT2D eigenvalue weighted by Gasteiger charge is 2.28. The van der Waals surface area contributed by atoms with Gasteiger partial charge in [0, 0.05) is 26.2 Å². The minimum atomic E-state index is -0.366. The Hall–Kier alpha value is -2.46. The van der Waals surface area contributed by atoms with Crippen molar-refractivity contribution in [1.29, 1.82) is 5.26 Å². The fourth-order valence-electron chi connectivity index (χ4n) is 2.74. The van der Waals surface area contributed by atoms with Crippen molar-refractivity contribution in [2.45, 2.75) is 6.04 Å². The zero-order valence-electron chi connectivity index (χ0n) is 12.3. The summed E-state index contributed by atoms with van der Waals surface area (Å²) in [5.74, 6) is 1.38. The summed E-state index contributed by atoms with van der Waals surface area (Å²) in [6, 6.07) is 7.52. The van der Waals surface area contributed by atoms with E-state index in [2.05, 4.69) is 11.0 Å². The van der Waals surface area contributed by atoms with E-state index in [0.717, 1.165) is 5.56 Å². The Kier molecular flexibility index (Phi) is 4.02. The van der Waals surface area contributed by atoms with Crippen molar-refractivity contribution in [2.24, 2.45) is 0 Å². The number of hydrogen-bond acceptors (Lipinski definition) is 6. The van der Waals surface area contributed by atoms with Crippen LogP contribution >= 0.6 is 0 Å². The smallest absolute Gasteiger partial charge is 0.409 e. The summed E-state index contributed by atoms with van der Waals surface area (Å²) >= 11 is 0. The summed E-state index contributed by atoms with van der Waals surface area (Å²) in [6.07, 6.45) is -0.323. The van der Waals surface area contributed by atoms with Gasteiger partial charge in [0.15, 0.2) is 11.5 Å². The molecule has 0 N–H and O–H groups in total. The number of carbonyl (C=O) groups excluding carboxylic acids is 1. The van der Waals surface area contributed by atoms with Crippen LogP contribution in [0.4, 0.5) is 4.79 Å². The quantitative estimate of drug-likeness (QED) is 0.821. The second-order valence-corrected chi connectivity index (χ2v) is 5.14. The molecule has 22 heavy (non-hydrogen) atoms. The van der Waals surface area contributed by atoms with Gasteiger partial charge in [0.25, 0.3) is 0 Å². The summed E-state index contributed by atoms with van der Waals surface area (Å²) in [5, 5.41) is 9.53. The lowest BCUT2D eigenvalue weighted by atomic mass is 10.0. The highest BCUT2D eigenvalue weighted by molar-refractivity contribution is 5.67. The molecule has 2 aliphatic rings. The highest BCUT2D eigenvalue weighted by atomic mass is 16.7. The van der Waals surface area contributed by atoms with Crippen LogP contribution in [-0.4, -0.2) is 56.0 Å². The van der Waals surface area contributed by atoms with E-state index in [9.17, 15) is 10.1 Å². The standard InChI is InChI=1S/C15H17N3O4/c1-20-15(19)18-6-4-17(5-7-18)12(9-16)11-2-3-13-14(8-11)22-10-21-13/h2-3,8,12H,4-7,10H2,1H3. The molecule has 2 aliphatic heterocycles. The van der Waals surface area contributed by atoms with E-state index < -0.39 is 0 Å². The van der Waals surface area contributed by atoms with Gasteiger partial charge in [0.1, 0.15) is 6.04 Å². The van der Waals surface area contributed by atoms with Crippen molar-refractivity contribution in [3.05, 3.63) is 23.8 Å². The monoisotopic (exact) mass is 303 g/mol. The highest BCUT2D eigenvalue weighted by Crippen LogP contribution is 2.35. The lowest BCUT2D eigenvalue weighted by Crippen LogP contribution is -2.49. The van der Waals surface area contributed by atoms with Gasteiger partial charge < -0.3 is 19.1 Å². The lowest BCUT2D eigenvalue weighted by molar-refractivity contribution is 0.0834. The van der Waals surface area contributed by atoms with Crippen LogP contribution in [0.25, 0.3) is 0 Å². The van der Waals surface area contributed by atoms with Gasteiger partial charge in [0.2, 0.25) is 6.79 Å². The SMILES string of the molecule is COC(=O)N1CCN(C(C#N)c2ccc3c(c2)OCO3)CC1. The van der Waals surface area contributed by atoms with Gasteiger partial charge in [-0.2, -0.15) is 5.26 Å². The Morgan fingerprint density at radius 3 is 2.68 bits per heavy atom. The molecule has 1 atom stereocenters. The van der Waals surface area contributed by atoms with Crippen LogP contribution in [0.15, 0.2) is 18.2 Å². The van der Waals surface area contributed by atoms with E-state index in [1.54, 1.807) is 4.90 Å². The Balaban J connectivity index is 1.70. The zero-order chi connectivity index (χ0) is 15.5. The first-order valence-electron chi connectivity index (χ1n) is 7.09. The third-order valence-electron chi connectivity index (χ3n) is 3.95. The summed E-state index contributed by atoms with van der Waals surface area (Å²) in [5.41, 5.74) is 0.873. The molecular weight excluding hydrogens is 286 g/mol. The third-order valence-corrected chi connectivity index (χ3v) is 3.95. The van der Waals surface area contributed by atoms with E-state index in [1.165, 1.54) is 7.11 Å². The third kappa shape index (κ3) is 2.65. The van der Waals surface area contributed by atoms with Gasteiger partial charge in [0.05, 0.1) is 13.2 Å². The zero-order valence-corrected chi connectivity index (χ0v) is 12.3. The second-order valence-electron chi connectivity index (χ2n) is 5.14. The maximum Gasteiger partial charge on any atom is 0.409 e. The molecule has 1 aromatic carbocycles. The van der Waals surface area contributed by atoms with Crippen molar-refractivity contribution in [3.8, 4) is 17.6 Å². The number of fused-ring (bicyclic) bond motifs is 1. The normalized spacial score (nSPS) is 18.6. The number of carbonyl (C=O) groups is 1. The molecule has 1 fully saturated rings. The molecule has 2 heterocycles. The molecule has 3 rings (SSSR count). The summed E-state index contributed by atoms with van der Waals surface area (Å²) < 4.78 is 15.4. The molecule has 1 amide bonds. The molecular formula is C15H17N3O4. The largest absolute Gasteiger partial charge is 0.454 e. The van der Waals surface area contributed by atoms with Gasteiger partial charge in [-0.1, -0.05) is 6.07 Å². The average molecular weight is 303 g/mol. The van der Waals surface area contributed by atoms with Gasteiger partial charge in [-0.05, 0) is 17.7 Å². The van der Waals surface area contributed by atoms with Crippen LogP contribution in [0, 0.1) is 11.3 Å². The number of hydrogen-bond donors (Lipinski definition) is 0. The number of rotatable bonds is 2. The van der Waals surface area contributed by atoms with E-state index in [0.29, 0.717) is 37.7 Å². The fourth-order valence-corrected chi connectivity index (χ4v) is 2.74. The molecule has 1 saturated heterocycles. The molecule has 0 aromatic heterocycles. The molecule has 0 bridgehead atoms. The fraction of sp³-hybridized carbons (Fsp3) is 0.467. The first-order chi connectivity index (χ1) is 10.7. The number of nitrogens with zero attached hydrogens (tertiary/aromatic N) is 3. The van der Waals surface area contributed by atoms with E-state index in [-0.39, 0.29) is 18.9 Å². The van der Waals surface area contributed by atoms with E-state index in [1.807, 2.05) is 18.2 Å². The Labute approximate surface area is 128 Å². The molecule has 1 aromatic rings. The van der Waals surface area contributed by atoms with Crippen LogP contribution in [0.1, 0.15) is 11.6 Å². The predicted octanol–water partition coefficient (Wildman–Crippen LogP) is 1.36. The number of nitriles is 1. The minimum Gasteiger partial charge on any atom is -0.454 e.